The number of aryl methyl sites for hydroxylation is 1. The molecule has 4 nitrogen and oxygen atoms in total. The van der Waals surface area contributed by atoms with Crippen molar-refractivity contribution in [2.24, 2.45) is 0 Å². The maximum atomic E-state index is 5.65. The second-order valence-corrected chi connectivity index (χ2v) is 4.55. The van der Waals surface area contributed by atoms with Crippen LogP contribution in [0.3, 0.4) is 0 Å². The van der Waals surface area contributed by atoms with E-state index in [1.165, 1.54) is 19.3 Å². The van der Waals surface area contributed by atoms with Crippen molar-refractivity contribution in [2.45, 2.75) is 45.1 Å². The maximum absolute atomic E-state index is 5.65. The molecule has 0 bridgehead atoms. The van der Waals surface area contributed by atoms with Gasteiger partial charge in [-0.05, 0) is 25.7 Å². The van der Waals surface area contributed by atoms with Gasteiger partial charge < -0.3 is 9.32 Å². The van der Waals surface area contributed by atoms with Gasteiger partial charge in [-0.15, -0.1) is 16.7 Å². The van der Waals surface area contributed by atoms with Crippen LogP contribution in [0.2, 0.25) is 0 Å². The number of piperidine rings is 1. The zero-order chi connectivity index (χ0) is 11.4. The molecule has 1 aromatic heterocycles. The van der Waals surface area contributed by atoms with Crippen molar-refractivity contribution in [2.75, 3.05) is 17.3 Å². The van der Waals surface area contributed by atoms with Crippen LogP contribution in [0.15, 0.2) is 4.42 Å². The highest BCUT2D eigenvalue weighted by Crippen LogP contribution is 2.25. The Balaban J connectivity index is 2.08. The first-order chi connectivity index (χ1) is 7.85. The lowest BCUT2D eigenvalue weighted by Crippen LogP contribution is -2.39. The molecule has 0 aromatic carbocycles. The zero-order valence-electron chi connectivity index (χ0n) is 9.65. The van der Waals surface area contributed by atoms with Gasteiger partial charge in [0.05, 0.1) is 0 Å². The molecule has 1 fully saturated rings. The molecule has 90 valence electrons. The molecule has 16 heavy (non-hydrogen) atoms. The smallest absolute Gasteiger partial charge is 0.318 e. The molecule has 2 heterocycles. The summed E-state index contributed by atoms with van der Waals surface area (Å²) in [6, 6.07) is 1.23. The quantitative estimate of drug-likeness (QED) is 0.763. The lowest BCUT2D eigenvalue weighted by atomic mass is 10.0. The Hall–Kier alpha value is -0.770. The normalized spacial score (nSPS) is 21.4. The first kappa shape index (κ1) is 11.7. The fraction of sp³-hybridized carbons (Fsp3) is 0.818. The molecule has 0 saturated carbocycles. The van der Waals surface area contributed by atoms with E-state index in [4.69, 9.17) is 16.0 Å². The Labute approximate surface area is 101 Å². The van der Waals surface area contributed by atoms with E-state index >= 15 is 0 Å². The molecule has 5 heteroatoms. The van der Waals surface area contributed by atoms with Crippen molar-refractivity contribution in [1.82, 2.24) is 10.2 Å². The average Bonchev–Trinajstić information content (AvgIpc) is 2.78. The minimum Gasteiger partial charge on any atom is -0.408 e. The van der Waals surface area contributed by atoms with Gasteiger partial charge in [0.2, 0.25) is 5.89 Å². The molecular formula is C11H18ClN3O. The summed E-state index contributed by atoms with van der Waals surface area (Å²) in [6.07, 6.45) is 5.53. The summed E-state index contributed by atoms with van der Waals surface area (Å²) >= 11 is 5.65. The number of nitrogens with zero attached hydrogens (tertiary/aromatic N) is 3. The maximum Gasteiger partial charge on any atom is 0.318 e. The number of halogens is 1. The van der Waals surface area contributed by atoms with Crippen molar-refractivity contribution < 1.29 is 4.42 Å². The summed E-state index contributed by atoms with van der Waals surface area (Å²) in [5.74, 6) is 1.17. The predicted octanol–water partition coefficient (Wildman–Crippen LogP) is 2.62. The van der Waals surface area contributed by atoms with Crippen molar-refractivity contribution in [1.29, 1.82) is 0 Å². The predicted molar refractivity (Wildman–Crippen MR) is 64.0 cm³/mol. The molecule has 1 saturated heterocycles. The minimum atomic E-state index is 0.527. The monoisotopic (exact) mass is 243 g/mol. The highest BCUT2D eigenvalue weighted by Gasteiger charge is 2.25. The van der Waals surface area contributed by atoms with Crippen molar-refractivity contribution in [3.05, 3.63) is 5.89 Å². The van der Waals surface area contributed by atoms with Crippen LogP contribution in [-0.2, 0) is 6.42 Å². The van der Waals surface area contributed by atoms with Gasteiger partial charge in [-0.25, -0.2) is 0 Å². The van der Waals surface area contributed by atoms with E-state index < -0.39 is 0 Å². The van der Waals surface area contributed by atoms with E-state index in [1.54, 1.807) is 0 Å². The Kier molecular flexibility index (Phi) is 4.04. The van der Waals surface area contributed by atoms with Gasteiger partial charge in [0.25, 0.3) is 0 Å². The number of hydrogen-bond acceptors (Lipinski definition) is 4. The SMILES string of the molecule is CCC1CCCCN1c1nnc(CCCl)o1. The summed E-state index contributed by atoms with van der Waals surface area (Å²) in [5, 5.41) is 8.11. The molecule has 0 aliphatic carbocycles. The van der Waals surface area contributed by atoms with Gasteiger partial charge in [0.15, 0.2) is 0 Å². The van der Waals surface area contributed by atoms with Crippen LogP contribution in [0.4, 0.5) is 6.01 Å². The summed E-state index contributed by atoms with van der Waals surface area (Å²) < 4.78 is 5.61. The number of anilines is 1. The third kappa shape index (κ3) is 2.48. The largest absolute Gasteiger partial charge is 0.408 e. The third-order valence-electron chi connectivity index (χ3n) is 3.11. The molecular weight excluding hydrogens is 226 g/mol. The molecule has 1 unspecified atom stereocenters. The second kappa shape index (κ2) is 5.53. The van der Waals surface area contributed by atoms with E-state index in [0.29, 0.717) is 30.2 Å². The fourth-order valence-corrected chi connectivity index (χ4v) is 2.38. The third-order valence-corrected chi connectivity index (χ3v) is 3.30. The van der Waals surface area contributed by atoms with Gasteiger partial charge >= 0.3 is 6.01 Å². The highest BCUT2D eigenvalue weighted by atomic mass is 35.5. The first-order valence-corrected chi connectivity index (χ1v) is 6.53. The molecule has 0 radical (unpaired) electrons. The first-order valence-electron chi connectivity index (χ1n) is 6.00. The summed E-state index contributed by atoms with van der Waals surface area (Å²) in [6.45, 7) is 3.24. The molecule has 1 atom stereocenters. The van der Waals surface area contributed by atoms with Gasteiger partial charge in [0.1, 0.15) is 0 Å². The highest BCUT2D eigenvalue weighted by molar-refractivity contribution is 6.17. The van der Waals surface area contributed by atoms with Gasteiger partial charge in [-0.2, -0.15) is 0 Å². The van der Waals surface area contributed by atoms with Crippen LogP contribution >= 0.6 is 11.6 Å². The van der Waals surface area contributed by atoms with Crippen LogP contribution < -0.4 is 4.90 Å². The van der Waals surface area contributed by atoms with E-state index in [0.717, 1.165) is 13.0 Å². The summed E-state index contributed by atoms with van der Waals surface area (Å²) in [5.41, 5.74) is 0. The van der Waals surface area contributed by atoms with Crippen molar-refractivity contribution in [3.8, 4) is 0 Å². The molecule has 1 aliphatic rings. The van der Waals surface area contributed by atoms with Crippen LogP contribution in [0, 0.1) is 0 Å². The van der Waals surface area contributed by atoms with Gasteiger partial charge in [-0.1, -0.05) is 12.0 Å². The van der Waals surface area contributed by atoms with E-state index in [9.17, 15) is 0 Å². The summed E-state index contributed by atoms with van der Waals surface area (Å²) in [4.78, 5) is 2.24. The van der Waals surface area contributed by atoms with Crippen LogP contribution in [0.5, 0.6) is 0 Å². The molecule has 1 aliphatic heterocycles. The minimum absolute atomic E-state index is 0.527. The Morgan fingerprint density at radius 2 is 2.31 bits per heavy atom. The molecule has 1 aromatic rings. The number of hydrogen-bond donors (Lipinski definition) is 0. The lowest BCUT2D eigenvalue weighted by molar-refractivity contribution is 0.401. The standard InChI is InChI=1S/C11H18ClN3O/c1-2-9-5-3-4-8-15(9)11-14-13-10(16-11)6-7-12/h9H,2-8H2,1H3. The van der Waals surface area contributed by atoms with Crippen LogP contribution in [0.1, 0.15) is 38.5 Å². The molecule has 0 amide bonds. The van der Waals surface area contributed by atoms with Crippen molar-refractivity contribution >= 4 is 17.6 Å². The zero-order valence-corrected chi connectivity index (χ0v) is 10.4. The second-order valence-electron chi connectivity index (χ2n) is 4.17. The summed E-state index contributed by atoms with van der Waals surface area (Å²) in [7, 11) is 0. The van der Waals surface area contributed by atoms with Crippen LogP contribution in [0.25, 0.3) is 0 Å². The number of aromatic nitrogens is 2. The van der Waals surface area contributed by atoms with E-state index in [2.05, 4.69) is 22.0 Å². The van der Waals surface area contributed by atoms with E-state index in [1.807, 2.05) is 0 Å². The number of alkyl halides is 1. The van der Waals surface area contributed by atoms with Crippen molar-refractivity contribution in [3.63, 3.8) is 0 Å². The fourth-order valence-electron chi connectivity index (χ4n) is 2.22. The molecule has 0 N–H and O–H groups in total. The molecule has 0 spiro atoms. The van der Waals surface area contributed by atoms with Gasteiger partial charge in [0, 0.05) is 24.9 Å². The Bertz CT molecular complexity index is 329. The van der Waals surface area contributed by atoms with E-state index in [-0.39, 0.29) is 0 Å². The lowest BCUT2D eigenvalue weighted by Gasteiger charge is -2.33. The number of rotatable bonds is 4. The Morgan fingerprint density at radius 3 is 3.06 bits per heavy atom. The van der Waals surface area contributed by atoms with Crippen LogP contribution in [-0.4, -0.2) is 28.7 Å². The Morgan fingerprint density at radius 1 is 1.44 bits per heavy atom. The molecule has 2 rings (SSSR count). The average molecular weight is 244 g/mol. The van der Waals surface area contributed by atoms with Gasteiger partial charge in [-0.3, -0.25) is 0 Å². The topological polar surface area (TPSA) is 42.2 Å².